The van der Waals surface area contributed by atoms with Crippen LogP contribution in [-0.4, -0.2) is 48.3 Å². The first-order valence-corrected chi connectivity index (χ1v) is 10.2. The third kappa shape index (κ3) is 32.3. The van der Waals surface area contributed by atoms with Crippen LogP contribution in [0.5, 0.6) is 0 Å². The zero-order valence-electron chi connectivity index (χ0n) is 16.5. The summed E-state index contributed by atoms with van der Waals surface area (Å²) in [4.78, 5) is 0. The van der Waals surface area contributed by atoms with Gasteiger partial charge in [0, 0.05) is 0 Å². The summed E-state index contributed by atoms with van der Waals surface area (Å²) in [6, 6.07) is 5.00. The van der Waals surface area contributed by atoms with Crippen molar-refractivity contribution in [2.24, 2.45) is 0 Å². The molecule has 0 N–H and O–H groups in total. The van der Waals surface area contributed by atoms with Gasteiger partial charge in [0.2, 0.25) is 0 Å². The summed E-state index contributed by atoms with van der Waals surface area (Å²) in [6.07, 6.45) is 0. The predicted molar refractivity (Wildman–Crippen MR) is 104 cm³/mol. The van der Waals surface area contributed by atoms with Gasteiger partial charge in [-0.05, 0) is 0 Å². The minimum absolute atomic E-state index is 0. The first kappa shape index (κ1) is 32.8. The van der Waals surface area contributed by atoms with E-state index in [0.717, 1.165) is 51.4 Å². The molecule has 25 heavy (non-hydrogen) atoms. The molecule has 0 heterocycles. The van der Waals surface area contributed by atoms with E-state index in [-0.39, 0.29) is 25.8 Å². The molecule has 1 rings (SSSR count). The molecule has 0 amide bonds. The molecule has 0 aliphatic rings. The molecule has 3 nitrogen and oxygen atoms in total. The Bertz CT molecular complexity index is 290. The van der Waals surface area contributed by atoms with Crippen molar-refractivity contribution in [3.8, 4) is 0 Å². The van der Waals surface area contributed by atoms with Gasteiger partial charge in [-0.3, -0.25) is 0 Å². The van der Waals surface area contributed by atoms with E-state index in [1.165, 1.54) is 12.1 Å². The van der Waals surface area contributed by atoms with Crippen molar-refractivity contribution < 1.29 is 38.2 Å². The van der Waals surface area contributed by atoms with E-state index in [2.05, 4.69) is 16.0 Å². The Morgan fingerprint density at radius 1 is 0.640 bits per heavy atom. The quantitative estimate of drug-likeness (QED) is 0.242. The molecule has 0 aliphatic carbocycles. The van der Waals surface area contributed by atoms with Gasteiger partial charge in [0.15, 0.2) is 0 Å². The van der Waals surface area contributed by atoms with Crippen LogP contribution in [0.3, 0.4) is 0 Å². The van der Waals surface area contributed by atoms with Gasteiger partial charge < -0.3 is 16.0 Å². The Morgan fingerprint density at radius 3 is 0.960 bits per heavy atom. The Kier molecular flexibility index (Phi) is 34.5. The molecule has 0 unspecified atom stereocenters. The number of rotatable bonds is 7. The molecule has 0 aromatic heterocycles. The van der Waals surface area contributed by atoms with E-state index >= 15 is 0 Å². The first-order valence-electron chi connectivity index (χ1n) is 8.53. The topological polar surface area (TPSA) is 42.3 Å². The van der Waals surface area contributed by atoms with Gasteiger partial charge >= 0.3 is 34.9 Å². The van der Waals surface area contributed by atoms with Crippen LogP contribution in [0.1, 0.15) is 41.5 Å². The molecular formula is C17H34F3HfN3Si. The molecule has 0 bridgehead atoms. The van der Waals surface area contributed by atoms with Gasteiger partial charge in [0.1, 0.15) is 0 Å². The maximum atomic E-state index is 11.8. The molecule has 1 aromatic rings. The summed E-state index contributed by atoms with van der Waals surface area (Å²) >= 11 is 0. The molecule has 0 atom stereocenters. The van der Waals surface area contributed by atoms with Gasteiger partial charge in [-0.15, -0.1) is 0 Å². The monoisotopic (exact) mass is 545 g/mol. The summed E-state index contributed by atoms with van der Waals surface area (Å²) in [7, 11) is -5.48. The smallest absolute Gasteiger partial charge is 0.663 e. The second kappa shape index (κ2) is 26.3. The van der Waals surface area contributed by atoms with E-state index in [1.807, 2.05) is 41.5 Å². The Morgan fingerprint density at radius 2 is 0.880 bits per heavy atom. The van der Waals surface area contributed by atoms with Crippen molar-refractivity contribution in [1.29, 1.82) is 0 Å². The molecule has 0 aliphatic heterocycles. The first-order chi connectivity index (χ1) is 11.3. The molecule has 8 heteroatoms. The third-order valence-corrected chi connectivity index (χ3v) is 3.32. The average Bonchev–Trinajstić information content (AvgIpc) is 3.06. The van der Waals surface area contributed by atoms with Crippen LogP contribution in [0, 0.1) is 0 Å². The minimum atomic E-state index is -5.48. The van der Waals surface area contributed by atoms with E-state index in [9.17, 15) is 12.3 Å². The predicted octanol–water partition coefficient (Wildman–Crippen LogP) is 5.66. The zero-order valence-corrected chi connectivity index (χ0v) is 21.1. The van der Waals surface area contributed by atoms with Crippen molar-refractivity contribution in [3.05, 3.63) is 40.2 Å². The maximum Gasteiger partial charge on any atom is 4.00 e. The van der Waals surface area contributed by atoms with Crippen molar-refractivity contribution in [2.75, 3.05) is 39.3 Å². The molecular weight excluding hydrogens is 510 g/mol. The summed E-state index contributed by atoms with van der Waals surface area (Å²) in [6.45, 7) is 18.1. The number of halogens is 3. The van der Waals surface area contributed by atoms with Gasteiger partial charge in [-0.1, -0.05) is 46.7 Å². The molecule has 0 saturated carbocycles. The summed E-state index contributed by atoms with van der Waals surface area (Å²) in [5.74, 6) is 0. The largest absolute Gasteiger partial charge is 4.00 e. The van der Waals surface area contributed by atoms with Gasteiger partial charge in [0.05, 0.1) is 0 Å². The Balaban J connectivity index is -0.000000122. The summed E-state index contributed by atoms with van der Waals surface area (Å²) in [5, 5.41) is 11.5. The molecule has 0 radical (unpaired) electrons. The Hall–Kier alpha value is 0.107. The number of hydrogen-bond donors (Lipinski definition) is 0. The number of nitrogens with zero attached hydrogens (tertiary/aromatic N) is 3. The molecule has 0 fully saturated rings. The van der Waals surface area contributed by atoms with Crippen molar-refractivity contribution in [1.82, 2.24) is 0 Å². The van der Waals surface area contributed by atoms with E-state index in [4.69, 9.17) is 0 Å². The third-order valence-electron chi connectivity index (χ3n) is 2.33. The van der Waals surface area contributed by atoms with Gasteiger partial charge in [-0.2, -0.15) is 51.4 Å². The SMILES string of the molecule is CC[N-]CC.CC[N-]CC.CC[N-]CC.F[Si](F)(F)[c-]1cccc1.[Hf+4]. The van der Waals surface area contributed by atoms with Gasteiger partial charge in [-0.25, -0.2) is 24.5 Å². The summed E-state index contributed by atoms with van der Waals surface area (Å²) in [5.41, 5.74) is 0. The van der Waals surface area contributed by atoms with Crippen LogP contribution in [0.2, 0.25) is 0 Å². The van der Waals surface area contributed by atoms with E-state index in [1.54, 1.807) is 0 Å². The summed E-state index contributed by atoms with van der Waals surface area (Å²) < 4.78 is 35.3. The minimum Gasteiger partial charge on any atom is -0.663 e. The number of hydrogen-bond acceptors (Lipinski definition) is 0. The normalized spacial score (nSPS) is 9.32. The molecule has 1 aromatic carbocycles. The van der Waals surface area contributed by atoms with Crippen LogP contribution in [-0.2, 0) is 25.8 Å². The van der Waals surface area contributed by atoms with Gasteiger partial charge in [0.25, 0.3) is 0 Å². The molecule has 0 spiro atoms. The fourth-order valence-electron chi connectivity index (χ4n) is 1.23. The molecule has 0 saturated heterocycles. The zero-order chi connectivity index (χ0) is 19.3. The maximum absolute atomic E-state index is 11.8. The van der Waals surface area contributed by atoms with Crippen LogP contribution >= 0.6 is 0 Å². The van der Waals surface area contributed by atoms with Crippen LogP contribution in [0.4, 0.5) is 12.3 Å². The molecule has 146 valence electrons. The van der Waals surface area contributed by atoms with Crippen LogP contribution in [0.15, 0.2) is 24.3 Å². The Labute approximate surface area is 173 Å². The average molecular weight is 544 g/mol. The van der Waals surface area contributed by atoms with E-state index in [0.29, 0.717) is 0 Å². The van der Waals surface area contributed by atoms with Crippen LogP contribution < -0.4 is 5.19 Å². The van der Waals surface area contributed by atoms with Crippen LogP contribution in [0.25, 0.3) is 16.0 Å². The van der Waals surface area contributed by atoms with Crippen molar-refractivity contribution in [2.45, 2.75) is 41.5 Å². The van der Waals surface area contributed by atoms with E-state index < -0.39 is 14.3 Å². The second-order valence-corrected chi connectivity index (χ2v) is 5.81. The fraction of sp³-hybridized carbons (Fsp3) is 0.706. The second-order valence-electron chi connectivity index (χ2n) is 4.24. The fourth-order valence-corrected chi connectivity index (χ4v) is 1.80. The standard InChI is InChI=1S/C5H4F3Si.3C4H10N.Hf/c6-9(7,8)5-3-1-2-4-5;3*1-3-5-4-2;/h1-4H;3*3-4H2,1-2H3;/q4*-1;+4. The van der Waals surface area contributed by atoms with Crippen molar-refractivity contribution in [3.63, 3.8) is 0 Å². The van der Waals surface area contributed by atoms with Crippen molar-refractivity contribution >= 4 is 14.3 Å².